The molecule has 19 rings (SSSR count). The van der Waals surface area contributed by atoms with Crippen molar-refractivity contribution in [3.05, 3.63) is 143 Å². The number of esters is 3. The van der Waals surface area contributed by atoms with Gasteiger partial charge in [-0.1, -0.05) is 170 Å². The molecule has 10 amide bonds. The van der Waals surface area contributed by atoms with Gasteiger partial charge in [-0.2, -0.15) is 0 Å². The summed E-state index contributed by atoms with van der Waals surface area (Å²) in [6.45, 7) is 5.75. The fourth-order valence-corrected chi connectivity index (χ4v) is 31.9. The Morgan fingerprint density at radius 1 is 0.336 bits per heavy atom. The van der Waals surface area contributed by atoms with E-state index in [9.17, 15) is 67.4 Å². The SMILES string of the molecule is CC(=O)OC[C@@]12SS[C@@](COC(C)=O)(C(=O)N1C)N(C)C2=O.CC[C@@]12SS[C@@](Cc3ccc(CCc4ccc(C[C@@]56SS[C@@](COC(C)=O)(C(=O)N5C)N(C)C6=O)cc4)cc3)(C(=O)N1C)N(C)C2=O.CN1C(=O)[C@]2(COCc3ccccc3)SSC1C(=O)N2C.CN1C(=O)[C@]2(COCc3ccccc3)SS[C@@]1(CO)C(=O)N2C. The Labute approximate surface area is 694 Å². The molecule has 15 heterocycles. The van der Waals surface area contributed by atoms with Crippen molar-refractivity contribution in [2.24, 2.45) is 0 Å². The van der Waals surface area contributed by atoms with Crippen molar-refractivity contribution in [3.63, 3.8) is 0 Å². The number of rotatable bonds is 23. The highest BCUT2D eigenvalue weighted by Crippen LogP contribution is 2.63. The van der Waals surface area contributed by atoms with Gasteiger partial charge in [0.25, 0.3) is 59.1 Å². The van der Waals surface area contributed by atoms with Crippen LogP contribution in [0.5, 0.6) is 0 Å². The van der Waals surface area contributed by atoms with E-state index in [1.807, 2.05) is 79.7 Å². The molecule has 15 fully saturated rings. The zero-order valence-corrected chi connectivity index (χ0v) is 72.7. The topological polar surface area (TPSA) is 321 Å². The van der Waals surface area contributed by atoms with Gasteiger partial charge in [0, 0.05) is 104 Å². The number of hydrogen-bond donors (Lipinski definition) is 1. The maximum Gasteiger partial charge on any atom is 0.302 e. The summed E-state index contributed by atoms with van der Waals surface area (Å²) in [4.78, 5) is 168. The number of fused-ring (bicyclic) bond motifs is 15. The second-order valence-corrected chi connectivity index (χ2v) is 41.6. The maximum absolute atomic E-state index is 13.6. The number of nitrogens with zero attached hydrogens (tertiary/aromatic N) is 10. The first-order valence-corrected chi connectivity index (χ1v) is 46.3. The summed E-state index contributed by atoms with van der Waals surface area (Å²) < 4.78 is 26.6. The third-order valence-corrected chi connectivity index (χ3v) is 39.9. The average molecular weight is 1740 g/mol. The summed E-state index contributed by atoms with van der Waals surface area (Å²) in [5.74, 6) is -3.35. The number of ether oxygens (including phenoxy) is 5. The van der Waals surface area contributed by atoms with E-state index >= 15 is 0 Å². The number of hydrogen-bond acceptors (Lipinski definition) is 29. The van der Waals surface area contributed by atoms with Crippen LogP contribution in [0.3, 0.4) is 0 Å². The molecular weight excluding hydrogens is 1650 g/mol. The van der Waals surface area contributed by atoms with E-state index in [0.29, 0.717) is 32.5 Å². The van der Waals surface area contributed by atoms with Crippen molar-refractivity contribution >= 4 is 185 Å². The highest BCUT2D eigenvalue weighted by atomic mass is 33.1. The highest BCUT2D eigenvalue weighted by Gasteiger charge is 2.72. The van der Waals surface area contributed by atoms with Crippen molar-refractivity contribution < 1.29 is 91.1 Å². The van der Waals surface area contributed by atoms with Crippen LogP contribution < -0.4 is 0 Å². The highest BCUT2D eigenvalue weighted by molar-refractivity contribution is 8.79. The Bertz CT molecular complexity index is 4380. The fraction of sp³-hybridized carbons (Fsp3) is 0.500. The van der Waals surface area contributed by atoms with Crippen LogP contribution >= 0.6 is 108 Å². The third-order valence-electron chi connectivity index (χ3n) is 21.6. The predicted octanol–water partition coefficient (Wildman–Crippen LogP) is 6.26. The van der Waals surface area contributed by atoms with Gasteiger partial charge >= 0.3 is 17.9 Å². The Morgan fingerprint density at radius 2 is 0.611 bits per heavy atom. The number of amides is 10. The Balaban J connectivity index is 0.000000161. The molecule has 0 radical (unpaired) electrons. The van der Waals surface area contributed by atoms with Crippen molar-refractivity contribution in [3.8, 4) is 0 Å². The van der Waals surface area contributed by atoms with E-state index in [1.165, 1.54) is 166 Å². The van der Waals surface area contributed by atoms with E-state index in [-0.39, 0.29) is 92.1 Å². The molecule has 0 aromatic heterocycles. The van der Waals surface area contributed by atoms with Crippen LogP contribution in [0, 0.1) is 0 Å². The molecule has 39 heteroatoms. The molecule has 10 atom stereocenters. The van der Waals surface area contributed by atoms with Crippen LogP contribution in [0.15, 0.2) is 109 Å². The van der Waals surface area contributed by atoms with E-state index in [0.717, 1.165) is 62.2 Å². The van der Waals surface area contributed by atoms with Gasteiger partial charge in [-0.25, -0.2) is 0 Å². The largest absolute Gasteiger partial charge is 0.462 e. The lowest BCUT2D eigenvalue weighted by Crippen LogP contribution is -2.78. The first-order valence-electron chi connectivity index (χ1n) is 35.5. The second kappa shape index (κ2) is 34.1. The van der Waals surface area contributed by atoms with Gasteiger partial charge in [0.2, 0.25) is 29.2 Å². The van der Waals surface area contributed by atoms with Crippen LogP contribution in [0.25, 0.3) is 0 Å². The van der Waals surface area contributed by atoms with Crippen LogP contribution in [0.4, 0.5) is 0 Å². The monoisotopic (exact) mass is 1740 g/mol. The van der Waals surface area contributed by atoms with Gasteiger partial charge in [0.05, 0.1) is 33.0 Å². The molecule has 0 saturated carbocycles. The van der Waals surface area contributed by atoms with Gasteiger partial charge in [-0.3, -0.25) is 62.3 Å². The molecule has 15 aliphatic heterocycles. The molecule has 29 nitrogen and oxygen atoms in total. The molecule has 10 bridgehead atoms. The minimum absolute atomic E-state index is 0.0130. The third kappa shape index (κ3) is 15.2. The molecule has 1 N–H and O–H groups in total. The Morgan fingerprint density at radius 3 is 0.965 bits per heavy atom. The van der Waals surface area contributed by atoms with E-state index in [1.54, 1.807) is 66.2 Å². The van der Waals surface area contributed by atoms with Crippen LogP contribution in [0.1, 0.15) is 67.5 Å². The second-order valence-electron chi connectivity index (χ2n) is 28.3. The molecule has 15 saturated heterocycles. The molecule has 608 valence electrons. The normalized spacial score (nSPS) is 29.9. The van der Waals surface area contributed by atoms with Crippen molar-refractivity contribution in [2.75, 3.05) is 110 Å². The lowest BCUT2D eigenvalue weighted by Gasteiger charge is -2.59. The fourth-order valence-electron chi connectivity index (χ4n) is 14.1. The van der Waals surface area contributed by atoms with Gasteiger partial charge in [0.1, 0.15) is 19.8 Å². The Hall–Kier alpha value is -6.63. The number of aliphatic hydroxyl groups excluding tert-OH is 1. The zero-order valence-electron chi connectivity index (χ0n) is 64.5. The Kier molecular flexibility index (Phi) is 26.3. The summed E-state index contributed by atoms with van der Waals surface area (Å²) in [7, 11) is 29.5. The minimum atomic E-state index is -1.29. The molecule has 0 spiro atoms. The minimum Gasteiger partial charge on any atom is -0.462 e. The van der Waals surface area contributed by atoms with Crippen LogP contribution in [-0.4, -0.2) is 290 Å². The number of likely N-dealkylation sites (N-methyl/N-ethyl adjacent to an activating group) is 10. The molecule has 0 aliphatic carbocycles. The summed E-state index contributed by atoms with van der Waals surface area (Å²) >= 11 is 0. The lowest BCUT2D eigenvalue weighted by molar-refractivity contribution is -0.173. The van der Waals surface area contributed by atoms with E-state index < -0.39 is 73.7 Å². The average Bonchev–Trinajstić information content (AvgIpc) is 0.710. The summed E-state index contributed by atoms with van der Waals surface area (Å²) in [6, 6.07) is 35.9. The number of aliphatic hydroxyl groups is 1. The smallest absolute Gasteiger partial charge is 0.302 e. The predicted molar refractivity (Wildman–Crippen MR) is 439 cm³/mol. The first-order chi connectivity index (χ1) is 53.5. The molecular formula is C74H88N10O19S10. The van der Waals surface area contributed by atoms with Crippen LogP contribution in [0.2, 0.25) is 0 Å². The zero-order chi connectivity index (χ0) is 82.3. The van der Waals surface area contributed by atoms with Gasteiger partial charge < -0.3 is 77.8 Å². The number of carbonyl (C=O) groups is 13. The molecule has 1 unspecified atom stereocenters. The van der Waals surface area contributed by atoms with Crippen molar-refractivity contribution in [1.29, 1.82) is 0 Å². The van der Waals surface area contributed by atoms with Gasteiger partial charge in [-0.05, 0) is 107 Å². The summed E-state index contributed by atoms with van der Waals surface area (Å²) in [5, 5.41) is 9.23. The molecule has 4 aromatic rings. The number of benzene rings is 4. The van der Waals surface area contributed by atoms with Crippen LogP contribution in [-0.2, 0) is 125 Å². The number of aryl methyl sites for hydroxylation is 2. The maximum atomic E-state index is 13.6. The first kappa shape index (κ1) is 87.2. The van der Waals surface area contributed by atoms with Gasteiger partial charge in [-0.15, -0.1) is 0 Å². The standard InChI is InChI=1S/C33H38N4O6S4.C15H18N2O4S2.C14H16N2O3S2.C12H16N2O6S2/c1-7-30-26(39)35(4)31(45-44-30,27(40)34(30)3)18-24-14-10-22(11-15-24)8-9-23-12-16-25(17-13-23)19-32-28(41)37(6)33(47-46-32,20-43-21(2)38)29(42)36(32)5;1-16-13(20)15(10-21-8-11-6-4-3-5-7-11)17(2)12(19)14(16,9-18)22-23-15;1-15-12-11(17)16(2)14(13(15)18,21-20-12)9-19-8-10-6-4-3-5-7-10;1-7(15)19-5-11-9(17)14(4)12(22-21-11,6-20-8(2)16)10(18)13(11)3/h10-17H,7-9,18-20H2,1-6H3;3-7,18H,8-10H2,1-2H3;3-7,12H,8-9H2,1-2H3;5-6H2,1-4H3/t30-,31-,32-,33-;14-,15-;12?,14-;11-,12-/m0000/s1. The number of carbonyl (C=O) groups excluding carboxylic acids is 13. The molecule has 113 heavy (non-hydrogen) atoms. The van der Waals surface area contributed by atoms with Crippen molar-refractivity contribution in [1.82, 2.24) is 49.0 Å². The van der Waals surface area contributed by atoms with E-state index in [4.69, 9.17) is 23.7 Å². The lowest BCUT2D eigenvalue weighted by atomic mass is 9.95. The summed E-state index contributed by atoms with van der Waals surface area (Å²) in [6.07, 6.45) is 3.03. The van der Waals surface area contributed by atoms with Gasteiger partial charge in [0.15, 0.2) is 20.0 Å². The molecule has 4 aromatic carbocycles. The van der Waals surface area contributed by atoms with Crippen molar-refractivity contribution in [2.45, 2.75) is 122 Å². The summed E-state index contributed by atoms with van der Waals surface area (Å²) in [5.41, 5.74) is 6.33. The quantitative estimate of drug-likeness (QED) is 0.0486. The van der Waals surface area contributed by atoms with E-state index in [2.05, 4.69) is 36.4 Å². The molecule has 15 aliphatic rings. The number of piperazine rings is 5.